The first-order valence-electron chi connectivity index (χ1n) is 6.94. The second kappa shape index (κ2) is 7.20. The number of morpholine rings is 1. The molecule has 0 radical (unpaired) electrons. The van der Waals surface area contributed by atoms with Crippen LogP contribution >= 0.6 is 0 Å². The molecule has 1 aliphatic heterocycles. The Balaban J connectivity index is 1.90. The van der Waals surface area contributed by atoms with Crippen molar-refractivity contribution in [2.75, 3.05) is 19.7 Å². The fourth-order valence-corrected chi connectivity index (χ4v) is 2.38. The molecule has 0 N–H and O–H groups in total. The highest BCUT2D eigenvalue weighted by molar-refractivity contribution is 5.76. The highest BCUT2D eigenvalue weighted by Gasteiger charge is 2.23. The number of nitrogens with zero attached hydrogens (tertiary/aromatic N) is 1. The molecule has 3 nitrogen and oxygen atoms in total. The van der Waals surface area contributed by atoms with E-state index in [1.807, 2.05) is 11.0 Å². The van der Waals surface area contributed by atoms with Gasteiger partial charge in [0.1, 0.15) is 5.82 Å². The van der Waals surface area contributed by atoms with Gasteiger partial charge < -0.3 is 9.64 Å². The van der Waals surface area contributed by atoms with E-state index in [2.05, 4.69) is 6.58 Å². The highest BCUT2D eigenvalue weighted by Crippen LogP contribution is 2.14. The summed E-state index contributed by atoms with van der Waals surface area (Å²) in [5.41, 5.74) is 0.899. The maximum absolute atomic E-state index is 13.2. The van der Waals surface area contributed by atoms with E-state index >= 15 is 0 Å². The maximum Gasteiger partial charge on any atom is 0.223 e. The van der Waals surface area contributed by atoms with Crippen LogP contribution in [0.3, 0.4) is 0 Å². The number of carbonyl (C=O) groups excluding carboxylic acids is 1. The van der Waals surface area contributed by atoms with Gasteiger partial charge in [-0.15, -0.1) is 6.58 Å². The Bertz CT molecular complexity index is 475. The lowest BCUT2D eigenvalue weighted by Gasteiger charge is -2.33. The molecule has 0 bridgehead atoms. The molecule has 1 unspecified atom stereocenters. The number of allylic oxidation sites excluding steroid dienone is 1. The smallest absolute Gasteiger partial charge is 0.223 e. The van der Waals surface area contributed by atoms with Gasteiger partial charge in [-0.3, -0.25) is 4.79 Å². The first-order chi connectivity index (χ1) is 9.69. The fourth-order valence-electron chi connectivity index (χ4n) is 2.38. The predicted octanol–water partition coefficient (Wildman–Crippen LogP) is 2.56. The topological polar surface area (TPSA) is 29.5 Å². The van der Waals surface area contributed by atoms with E-state index in [1.54, 1.807) is 12.1 Å². The molecule has 1 fully saturated rings. The first-order valence-corrected chi connectivity index (χ1v) is 6.94. The van der Waals surface area contributed by atoms with Crippen LogP contribution in [0.1, 0.15) is 18.4 Å². The SMILES string of the molecule is C=CCCC(=O)N1CCOC(Cc2cccc(F)c2)C1. The van der Waals surface area contributed by atoms with E-state index in [0.29, 0.717) is 39.0 Å². The fraction of sp³-hybridized carbons (Fsp3) is 0.438. The third-order valence-electron chi connectivity index (χ3n) is 3.41. The van der Waals surface area contributed by atoms with Gasteiger partial charge in [-0.1, -0.05) is 18.2 Å². The van der Waals surface area contributed by atoms with Crippen molar-refractivity contribution < 1.29 is 13.9 Å². The van der Waals surface area contributed by atoms with Crippen molar-refractivity contribution in [3.8, 4) is 0 Å². The summed E-state index contributed by atoms with van der Waals surface area (Å²) in [4.78, 5) is 13.8. The molecule has 1 aliphatic rings. The van der Waals surface area contributed by atoms with Crippen LogP contribution in [-0.4, -0.2) is 36.6 Å². The van der Waals surface area contributed by atoms with E-state index in [1.165, 1.54) is 12.1 Å². The second-order valence-electron chi connectivity index (χ2n) is 4.99. The summed E-state index contributed by atoms with van der Waals surface area (Å²) in [5, 5.41) is 0. The van der Waals surface area contributed by atoms with Crippen LogP contribution in [0.5, 0.6) is 0 Å². The monoisotopic (exact) mass is 277 g/mol. The summed E-state index contributed by atoms with van der Waals surface area (Å²) in [6.45, 7) is 5.38. The van der Waals surface area contributed by atoms with Crippen molar-refractivity contribution in [1.82, 2.24) is 4.90 Å². The summed E-state index contributed by atoms with van der Waals surface area (Å²) >= 11 is 0. The third kappa shape index (κ3) is 4.17. The predicted molar refractivity (Wildman–Crippen MR) is 75.9 cm³/mol. The van der Waals surface area contributed by atoms with Crippen LogP contribution in [0, 0.1) is 5.82 Å². The van der Waals surface area contributed by atoms with Gasteiger partial charge in [0.15, 0.2) is 0 Å². The van der Waals surface area contributed by atoms with Crippen molar-refractivity contribution in [1.29, 1.82) is 0 Å². The number of ether oxygens (including phenoxy) is 1. The normalized spacial score (nSPS) is 18.9. The molecule has 0 spiro atoms. The molecule has 0 saturated carbocycles. The third-order valence-corrected chi connectivity index (χ3v) is 3.41. The standard InChI is InChI=1S/C16H20FNO2/c1-2-3-7-16(19)18-8-9-20-15(12-18)11-13-5-4-6-14(17)10-13/h2,4-6,10,15H,1,3,7-9,11-12H2. The van der Waals surface area contributed by atoms with E-state index in [4.69, 9.17) is 4.74 Å². The highest BCUT2D eigenvalue weighted by atomic mass is 19.1. The van der Waals surface area contributed by atoms with Crippen molar-refractivity contribution >= 4 is 5.91 Å². The minimum Gasteiger partial charge on any atom is -0.374 e. The van der Waals surface area contributed by atoms with E-state index < -0.39 is 0 Å². The zero-order valence-corrected chi connectivity index (χ0v) is 11.6. The van der Waals surface area contributed by atoms with Gasteiger partial charge in [0, 0.05) is 25.9 Å². The molecule has 4 heteroatoms. The maximum atomic E-state index is 13.2. The minimum atomic E-state index is -0.239. The Morgan fingerprint density at radius 1 is 1.55 bits per heavy atom. The number of halogens is 1. The number of rotatable bonds is 5. The van der Waals surface area contributed by atoms with Gasteiger partial charge in [-0.2, -0.15) is 0 Å². The van der Waals surface area contributed by atoms with E-state index in [0.717, 1.165) is 5.56 Å². The van der Waals surface area contributed by atoms with Crippen LogP contribution in [-0.2, 0) is 16.0 Å². The lowest BCUT2D eigenvalue weighted by atomic mass is 10.1. The van der Waals surface area contributed by atoms with Crippen LogP contribution in [0.4, 0.5) is 4.39 Å². The molecular formula is C16H20FNO2. The Morgan fingerprint density at radius 3 is 3.15 bits per heavy atom. The zero-order chi connectivity index (χ0) is 14.4. The average Bonchev–Trinajstić information content (AvgIpc) is 2.45. The summed E-state index contributed by atoms with van der Waals surface area (Å²) < 4.78 is 18.8. The summed E-state index contributed by atoms with van der Waals surface area (Å²) in [6.07, 6.45) is 3.52. The van der Waals surface area contributed by atoms with Crippen LogP contribution in [0.25, 0.3) is 0 Å². The Morgan fingerprint density at radius 2 is 2.40 bits per heavy atom. The number of hydrogen-bond acceptors (Lipinski definition) is 2. The van der Waals surface area contributed by atoms with Crippen LogP contribution in [0.15, 0.2) is 36.9 Å². The number of amides is 1. The molecule has 0 aliphatic carbocycles. The van der Waals surface area contributed by atoms with Gasteiger partial charge in [0.2, 0.25) is 5.91 Å². The lowest BCUT2D eigenvalue weighted by molar-refractivity contribution is -0.138. The second-order valence-corrected chi connectivity index (χ2v) is 4.99. The van der Waals surface area contributed by atoms with Gasteiger partial charge >= 0.3 is 0 Å². The van der Waals surface area contributed by atoms with Gasteiger partial charge in [-0.05, 0) is 24.1 Å². The molecule has 1 atom stereocenters. The lowest BCUT2D eigenvalue weighted by Crippen LogP contribution is -2.46. The Kier molecular flexibility index (Phi) is 5.30. The van der Waals surface area contributed by atoms with Gasteiger partial charge in [0.25, 0.3) is 0 Å². The van der Waals surface area contributed by atoms with Gasteiger partial charge in [0.05, 0.1) is 12.7 Å². The minimum absolute atomic E-state index is 0.0572. The zero-order valence-electron chi connectivity index (χ0n) is 11.6. The van der Waals surface area contributed by atoms with Crippen molar-refractivity contribution in [2.45, 2.75) is 25.4 Å². The molecule has 1 aromatic rings. The largest absolute Gasteiger partial charge is 0.374 e. The van der Waals surface area contributed by atoms with E-state index in [9.17, 15) is 9.18 Å². The summed E-state index contributed by atoms with van der Waals surface area (Å²) in [7, 11) is 0. The first kappa shape index (κ1) is 14.7. The van der Waals surface area contributed by atoms with Crippen molar-refractivity contribution in [3.05, 3.63) is 48.3 Å². The van der Waals surface area contributed by atoms with Crippen molar-refractivity contribution in [3.63, 3.8) is 0 Å². The molecule has 2 rings (SSSR count). The molecule has 1 amide bonds. The quantitative estimate of drug-likeness (QED) is 0.774. The van der Waals surface area contributed by atoms with E-state index in [-0.39, 0.29) is 17.8 Å². The summed E-state index contributed by atoms with van der Waals surface area (Å²) in [6, 6.07) is 6.52. The summed E-state index contributed by atoms with van der Waals surface area (Å²) in [5.74, 6) is -0.102. The number of hydrogen-bond donors (Lipinski definition) is 0. The van der Waals surface area contributed by atoms with Crippen LogP contribution < -0.4 is 0 Å². The molecule has 20 heavy (non-hydrogen) atoms. The molecule has 1 aromatic carbocycles. The number of carbonyl (C=O) groups is 1. The molecular weight excluding hydrogens is 257 g/mol. The molecule has 108 valence electrons. The molecule has 0 aromatic heterocycles. The Hall–Kier alpha value is -1.68. The number of benzene rings is 1. The van der Waals surface area contributed by atoms with Crippen molar-refractivity contribution in [2.24, 2.45) is 0 Å². The molecule has 1 saturated heterocycles. The molecule has 1 heterocycles. The van der Waals surface area contributed by atoms with Crippen LogP contribution in [0.2, 0.25) is 0 Å². The van der Waals surface area contributed by atoms with Gasteiger partial charge in [-0.25, -0.2) is 4.39 Å². The Labute approximate surface area is 119 Å². The average molecular weight is 277 g/mol.